The van der Waals surface area contributed by atoms with Crippen molar-refractivity contribution in [2.24, 2.45) is 0 Å². The lowest BCUT2D eigenvalue weighted by Gasteiger charge is -2.17. The van der Waals surface area contributed by atoms with Crippen LogP contribution in [0.1, 0.15) is 33.9 Å². The minimum Gasteiger partial charge on any atom is -0.388 e. The fourth-order valence-electron chi connectivity index (χ4n) is 2.66. The smallest absolute Gasteiger partial charge is 0.130 e. The lowest BCUT2D eigenvalue weighted by atomic mass is 9.93. The summed E-state index contributed by atoms with van der Waals surface area (Å²) < 4.78 is 14.5. The molecule has 0 spiro atoms. The molecular weight excluding hydrogens is 319 g/mol. The van der Waals surface area contributed by atoms with Gasteiger partial charge in [-0.25, -0.2) is 4.39 Å². The zero-order chi connectivity index (χ0) is 14.9. The molecule has 0 aliphatic carbocycles. The van der Waals surface area contributed by atoms with Crippen molar-refractivity contribution in [3.63, 3.8) is 0 Å². The van der Waals surface area contributed by atoms with Crippen LogP contribution in [-0.2, 0) is 6.42 Å². The summed E-state index contributed by atoms with van der Waals surface area (Å²) in [7, 11) is 0. The Kier molecular flexibility index (Phi) is 4.61. The highest BCUT2D eigenvalue weighted by Crippen LogP contribution is 2.30. The van der Waals surface area contributed by atoms with E-state index in [2.05, 4.69) is 28.1 Å². The molecule has 1 N–H and O–H groups in total. The molecule has 0 heterocycles. The normalized spacial score (nSPS) is 12.5. The van der Waals surface area contributed by atoms with E-state index in [0.29, 0.717) is 16.5 Å². The average Bonchev–Trinajstić information content (AvgIpc) is 2.33. The lowest BCUT2D eigenvalue weighted by molar-refractivity contribution is 0.172. The van der Waals surface area contributed by atoms with E-state index in [1.165, 1.54) is 11.6 Å². The highest BCUT2D eigenvalue weighted by atomic mass is 79.9. The van der Waals surface area contributed by atoms with Crippen LogP contribution in [0.25, 0.3) is 0 Å². The van der Waals surface area contributed by atoms with Crippen molar-refractivity contribution in [1.82, 2.24) is 0 Å². The fraction of sp³-hybridized carbons (Fsp3) is 0.294. The van der Waals surface area contributed by atoms with Gasteiger partial charge in [-0.3, -0.25) is 0 Å². The molecule has 2 rings (SSSR count). The van der Waals surface area contributed by atoms with Gasteiger partial charge in [0.25, 0.3) is 0 Å². The van der Waals surface area contributed by atoms with E-state index >= 15 is 0 Å². The molecule has 1 nitrogen and oxygen atoms in total. The first-order valence-electron chi connectivity index (χ1n) is 6.59. The van der Waals surface area contributed by atoms with Crippen LogP contribution in [0.5, 0.6) is 0 Å². The predicted molar refractivity (Wildman–Crippen MR) is 83.4 cm³/mol. The highest BCUT2D eigenvalue weighted by Gasteiger charge is 2.18. The number of aliphatic hydroxyl groups excluding tert-OH is 1. The maximum absolute atomic E-state index is 13.9. The largest absolute Gasteiger partial charge is 0.388 e. The number of hydrogen-bond acceptors (Lipinski definition) is 1. The van der Waals surface area contributed by atoms with E-state index in [1.54, 1.807) is 12.1 Å². The van der Waals surface area contributed by atoms with Gasteiger partial charge in [-0.15, -0.1) is 0 Å². The topological polar surface area (TPSA) is 20.2 Å². The quantitative estimate of drug-likeness (QED) is 0.854. The third kappa shape index (κ3) is 3.10. The number of benzene rings is 2. The van der Waals surface area contributed by atoms with Gasteiger partial charge in [-0.2, -0.15) is 0 Å². The van der Waals surface area contributed by atoms with Gasteiger partial charge in [0, 0.05) is 16.5 Å². The van der Waals surface area contributed by atoms with Crippen molar-refractivity contribution < 1.29 is 9.50 Å². The first-order chi connectivity index (χ1) is 9.40. The molecule has 0 aliphatic heterocycles. The van der Waals surface area contributed by atoms with Crippen molar-refractivity contribution in [1.29, 1.82) is 0 Å². The second-order valence-corrected chi connectivity index (χ2v) is 6.09. The zero-order valence-electron chi connectivity index (χ0n) is 11.9. The Morgan fingerprint density at radius 1 is 1.15 bits per heavy atom. The summed E-state index contributed by atoms with van der Waals surface area (Å²) in [6.45, 7) is 6.10. The van der Waals surface area contributed by atoms with Crippen molar-refractivity contribution in [2.45, 2.75) is 33.3 Å². The molecule has 0 fully saturated rings. The lowest BCUT2D eigenvalue weighted by Crippen LogP contribution is -2.08. The standard InChI is InChI=1S/C17H18BrFO/c1-10-7-11(2)13(12(3)8-10)9-16(20)17-14(18)5-4-6-15(17)19/h4-8,16,20H,9H2,1-3H3. The monoisotopic (exact) mass is 336 g/mol. The second kappa shape index (κ2) is 6.06. The molecule has 1 atom stereocenters. The number of aryl methyl sites for hydroxylation is 3. The van der Waals surface area contributed by atoms with E-state index < -0.39 is 6.10 Å². The van der Waals surface area contributed by atoms with Crippen LogP contribution in [0.2, 0.25) is 0 Å². The molecule has 20 heavy (non-hydrogen) atoms. The predicted octanol–water partition coefficient (Wildman–Crippen LogP) is 4.79. The van der Waals surface area contributed by atoms with Crippen LogP contribution in [0.15, 0.2) is 34.8 Å². The first-order valence-corrected chi connectivity index (χ1v) is 7.38. The molecule has 1 unspecified atom stereocenters. The molecule has 0 amide bonds. The SMILES string of the molecule is Cc1cc(C)c(CC(O)c2c(F)cccc2Br)c(C)c1. The van der Waals surface area contributed by atoms with Gasteiger partial charge >= 0.3 is 0 Å². The number of hydrogen-bond donors (Lipinski definition) is 1. The molecule has 0 saturated heterocycles. The summed E-state index contributed by atoms with van der Waals surface area (Å²) in [6, 6.07) is 8.92. The van der Waals surface area contributed by atoms with Gasteiger partial charge < -0.3 is 5.11 Å². The van der Waals surface area contributed by atoms with E-state index in [-0.39, 0.29) is 5.82 Å². The average molecular weight is 337 g/mol. The minimum absolute atomic E-state index is 0.326. The van der Waals surface area contributed by atoms with Gasteiger partial charge in [0.15, 0.2) is 0 Å². The molecule has 0 radical (unpaired) electrons. The fourth-order valence-corrected chi connectivity index (χ4v) is 3.26. The zero-order valence-corrected chi connectivity index (χ0v) is 13.5. The summed E-state index contributed by atoms with van der Waals surface area (Å²) >= 11 is 3.31. The van der Waals surface area contributed by atoms with Crippen LogP contribution >= 0.6 is 15.9 Å². The third-order valence-corrected chi connectivity index (χ3v) is 4.26. The summed E-state index contributed by atoms with van der Waals surface area (Å²) in [6.07, 6.45) is -0.442. The van der Waals surface area contributed by atoms with Gasteiger partial charge in [0.1, 0.15) is 5.82 Å². The highest BCUT2D eigenvalue weighted by molar-refractivity contribution is 9.10. The number of rotatable bonds is 3. The van der Waals surface area contributed by atoms with Crippen molar-refractivity contribution in [2.75, 3.05) is 0 Å². The van der Waals surface area contributed by atoms with Gasteiger partial charge in [0.05, 0.1) is 6.10 Å². The second-order valence-electron chi connectivity index (χ2n) is 5.23. The van der Waals surface area contributed by atoms with Crippen LogP contribution in [0.3, 0.4) is 0 Å². The maximum atomic E-state index is 13.9. The molecule has 2 aromatic carbocycles. The summed E-state index contributed by atoms with van der Waals surface area (Å²) in [5.41, 5.74) is 4.87. The minimum atomic E-state index is -0.856. The van der Waals surface area contributed by atoms with Crippen LogP contribution < -0.4 is 0 Å². The summed E-state index contributed by atoms with van der Waals surface area (Å²) in [5.74, 6) is -0.380. The molecule has 0 saturated carbocycles. The van der Waals surface area contributed by atoms with Crippen molar-refractivity contribution >= 4 is 15.9 Å². The molecular formula is C17H18BrFO. The molecule has 2 aromatic rings. The van der Waals surface area contributed by atoms with Gasteiger partial charge in [0.2, 0.25) is 0 Å². The van der Waals surface area contributed by atoms with E-state index in [0.717, 1.165) is 16.7 Å². The Morgan fingerprint density at radius 2 is 1.75 bits per heavy atom. The Morgan fingerprint density at radius 3 is 2.30 bits per heavy atom. The van der Waals surface area contributed by atoms with Crippen LogP contribution in [0.4, 0.5) is 4.39 Å². The Labute approximate surface area is 127 Å². The van der Waals surface area contributed by atoms with Crippen molar-refractivity contribution in [3.8, 4) is 0 Å². The molecule has 106 valence electrons. The van der Waals surface area contributed by atoms with Gasteiger partial charge in [-0.05, 0) is 49.6 Å². The molecule has 0 aromatic heterocycles. The first kappa shape index (κ1) is 15.2. The molecule has 3 heteroatoms. The van der Waals surface area contributed by atoms with Crippen LogP contribution in [0, 0.1) is 26.6 Å². The van der Waals surface area contributed by atoms with Gasteiger partial charge in [-0.1, -0.05) is 39.7 Å². The third-order valence-electron chi connectivity index (χ3n) is 3.57. The Balaban J connectivity index is 2.35. The number of aliphatic hydroxyl groups is 1. The van der Waals surface area contributed by atoms with Crippen molar-refractivity contribution in [3.05, 3.63) is 68.4 Å². The Hall–Kier alpha value is -1.19. The van der Waals surface area contributed by atoms with E-state index in [9.17, 15) is 9.50 Å². The molecule has 0 bridgehead atoms. The Bertz CT molecular complexity index is 594. The maximum Gasteiger partial charge on any atom is 0.130 e. The number of halogens is 2. The summed E-state index contributed by atoms with van der Waals surface area (Å²) in [5, 5.41) is 10.4. The summed E-state index contributed by atoms with van der Waals surface area (Å²) in [4.78, 5) is 0. The molecule has 0 aliphatic rings. The van der Waals surface area contributed by atoms with Crippen LogP contribution in [-0.4, -0.2) is 5.11 Å². The van der Waals surface area contributed by atoms with E-state index in [4.69, 9.17) is 0 Å². The van der Waals surface area contributed by atoms with E-state index in [1.807, 2.05) is 20.8 Å².